The molecule has 0 spiro atoms. The van der Waals surface area contributed by atoms with E-state index in [9.17, 15) is 4.79 Å². The van der Waals surface area contributed by atoms with Crippen LogP contribution in [0.4, 0.5) is 4.79 Å². The van der Waals surface area contributed by atoms with Crippen molar-refractivity contribution in [1.82, 2.24) is 10.2 Å². The molecular formula is C12H24N2O3. The summed E-state index contributed by atoms with van der Waals surface area (Å²) >= 11 is 0. The van der Waals surface area contributed by atoms with Crippen molar-refractivity contribution in [3.05, 3.63) is 0 Å². The maximum absolute atomic E-state index is 11.3. The monoisotopic (exact) mass is 244 g/mol. The summed E-state index contributed by atoms with van der Waals surface area (Å²) in [5.41, 5.74) is 0. The second-order valence-corrected chi connectivity index (χ2v) is 4.95. The molecule has 17 heavy (non-hydrogen) atoms. The number of aliphatic hydroxyl groups is 1. The number of piperidine rings is 1. The van der Waals surface area contributed by atoms with Crippen LogP contribution in [0.25, 0.3) is 0 Å². The molecule has 100 valence electrons. The average molecular weight is 244 g/mol. The van der Waals surface area contributed by atoms with E-state index in [0.717, 1.165) is 32.5 Å². The van der Waals surface area contributed by atoms with Gasteiger partial charge in [-0.2, -0.15) is 0 Å². The van der Waals surface area contributed by atoms with Crippen LogP contribution < -0.4 is 5.32 Å². The van der Waals surface area contributed by atoms with Crippen molar-refractivity contribution in [2.75, 3.05) is 32.8 Å². The van der Waals surface area contributed by atoms with Gasteiger partial charge in [-0.15, -0.1) is 0 Å². The molecule has 5 nitrogen and oxygen atoms in total. The summed E-state index contributed by atoms with van der Waals surface area (Å²) in [4.78, 5) is 13.7. The minimum absolute atomic E-state index is 0.0251. The lowest BCUT2D eigenvalue weighted by Gasteiger charge is -2.32. The molecule has 1 aliphatic heterocycles. The van der Waals surface area contributed by atoms with E-state index in [2.05, 4.69) is 24.1 Å². The predicted molar refractivity (Wildman–Crippen MR) is 65.9 cm³/mol. The number of carbonyl (C=O) groups excluding carboxylic acids is 1. The van der Waals surface area contributed by atoms with Crippen molar-refractivity contribution in [1.29, 1.82) is 0 Å². The maximum Gasteiger partial charge on any atom is 0.407 e. The van der Waals surface area contributed by atoms with Crippen LogP contribution in [0.5, 0.6) is 0 Å². The van der Waals surface area contributed by atoms with Gasteiger partial charge in [0.1, 0.15) is 6.10 Å². The minimum Gasteiger partial charge on any atom is -0.446 e. The zero-order valence-electron chi connectivity index (χ0n) is 10.8. The molecule has 1 fully saturated rings. The number of nitrogens with one attached hydrogen (secondary N) is 1. The van der Waals surface area contributed by atoms with Crippen LogP contribution in [-0.2, 0) is 4.74 Å². The summed E-state index contributed by atoms with van der Waals surface area (Å²) in [5, 5.41) is 11.1. The number of ether oxygens (including phenoxy) is 1. The van der Waals surface area contributed by atoms with Crippen LogP contribution >= 0.6 is 0 Å². The fourth-order valence-corrected chi connectivity index (χ4v) is 2.08. The lowest BCUT2D eigenvalue weighted by Crippen LogP contribution is -2.41. The number of aliphatic hydroxyl groups excluding tert-OH is 1. The minimum atomic E-state index is -0.415. The van der Waals surface area contributed by atoms with Gasteiger partial charge in [0.15, 0.2) is 0 Å². The second kappa shape index (κ2) is 7.50. The van der Waals surface area contributed by atoms with Gasteiger partial charge in [0, 0.05) is 26.2 Å². The molecule has 0 saturated carbocycles. The first-order chi connectivity index (χ1) is 8.11. The van der Waals surface area contributed by atoms with Crippen LogP contribution in [0.1, 0.15) is 26.7 Å². The third-order valence-corrected chi connectivity index (χ3v) is 2.81. The number of alkyl carbamates (subject to hydrolysis) is 1. The van der Waals surface area contributed by atoms with E-state index in [4.69, 9.17) is 9.84 Å². The smallest absolute Gasteiger partial charge is 0.407 e. The zero-order valence-corrected chi connectivity index (χ0v) is 10.8. The fraction of sp³-hybridized carbons (Fsp3) is 0.917. The van der Waals surface area contributed by atoms with Crippen LogP contribution in [0.2, 0.25) is 0 Å². The van der Waals surface area contributed by atoms with Gasteiger partial charge in [0.2, 0.25) is 0 Å². The Balaban J connectivity index is 2.16. The van der Waals surface area contributed by atoms with E-state index in [1.807, 2.05) is 0 Å². The Morgan fingerprint density at radius 1 is 1.47 bits per heavy atom. The summed E-state index contributed by atoms with van der Waals surface area (Å²) < 4.78 is 5.26. The molecule has 0 aliphatic carbocycles. The molecule has 5 heteroatoms. The molecule has 0 radical (unpaired) electrons. The molecular weight excluding hydrogens is 220 g/mol. The van der Waals surface area contributed by atoms with Gasteiger partial charge >= 0.3 is 6.09 Å². The lowest BCUT2D eigenvalue weighted by molar-refractivity contribution is 0.0472. The Hall–Kier alpha value is -0.810. The Morgan fingerprint density at radius 3 is 2.65 bits per heavy atom. The predicted octanol–water partition coefficient (Wildman–Crippen LogP) is 0.825. The van der Waals surface area contributed by atoms with Crippen molar-refractivity contribution in [3.63, 3.8) is 0 Å². The zero-order chi connectivity index (χ0) is 12.7. The molecule has 1 heterocycles. The molecule has 0 aromatic carbocycles. The van der Waals surface area contributed by atoms with Gasteiger partial charge in [-0.3, -0.25) is 0 Å². The molecule has 0 aromatic heterocycles. The van der Waals surface area contributed by atoms with E-state index >= 15 is 0 Å². The van der Waals surface area contributed by atoms with Crippen LogP contribution in [0.3, 0.4) is 0 Å². The van der Waals surface area contributed by atoms with E-state index in [1.165, 1.54) is 0 Å². The molecule has 1 saturated heterocycles. The Labute approximate surface area is 103 Å². The van der Waals surface area contributed by atoms with Crippen molar-refractivity contribution in [2.24, 2.45) is 5.92 Å². The fourth-order valence-electron chi connectivity index (χ4n) is 2.08. The number of amides is 1. The molecule has 0 unspecified atom stereocenters. The average Bonchev–Trinajstić information content (AvgIpc) is 2.28. The highest BCUT2D eigenvalue weighted by Gasteiger charge is 2.22. The van der Waals surface area contributed by atoms with Crippen molar-refractivity contribution in [2.45, 2.75) is 32.8 Å². The molecule has 1 amide bonds. The standard InChI is InChI=1S/C12H24N2O3/c1-10(2)9-14-6-3-11(4-7-14)17-12(16)13-5-8-15/h10-11,15H,3-9H2,1-2H3,(H,13,16). The van der Waals surface area contributed by atoms with Crippen LogP contribution in [-0.4, -0.2) is 55.0 Å². The topological polar surface area (TPSA) is 61.8 Å². The maximum atomic E-state index is 11.3. The van der Waals surface area contributed by atoms with E-state index in [1.54, 1.807) is 0 Å². The van der Waals surface area contributed by atoms with Gasteiger partial charge in [-0.1, -0.05) is 13.8 Å². The lowest BCUT2D eigenvalue weighted by atomic mass is 10.1. The number of hydrogen-bond acceptors (Lipinski definition) is 4. The third-order valence-electron chi connectivity index (χ3n) is 2.81. The molecule has 0 bridgehead atoms. The van der Waals surface area contributed by atoms with E-state index in [0.29, 0.717) is 5.92 Å². The summed E-state index contributed by atoms with van der Waals surface area (Å²) in [6, 6.07) is 0. The van der Waals surface area contributed by atoms with Crippen LogP contribution in [0.15, 0.2) is 0 Å². The van der Waals surface area contributed by atoms with Crippen LogP contribution in [0, 0.1) is 5.92 Å². The summed E-state index contributed by atoms with van der Waals surface area (Å²) in [6.45, 7) is 7.73. The number of rotatable bonds is 5. The SMILES string of the molecule is CC(C)CN1CCC(OC(=O)NCCO)CC1. The summed E-state index contributed by atoms with van der Waals surface area (Å²) in [6.07, 6.45) is 1.41. The molecule has 2 N–H and O–H groups in total. The Bertz CT molecular complexity index is 226. The van der Waals surface area contributed by atoms with Gasteiger partial charge in [-0.25, -0.2) is 4.79 Å². The van der Waals surface area contributed by atoms with Gasteiger partial charge < -0.3 is 20.1 Å². The largest absolute Gasteiger partial charge is 0.446 e. The Morgan fingerprint density at radius 2 is 2.12 bits per heavy atom. The van der Waals surface area contributed by atoms with Gasteiger partial charge in [0.05, 0.1) is 6.61 Å². The first-order valence-corrected chi connectivity index (χ1v) is 6.39. The highest BCUT2D eigenvalue weighted by Crippen LogP contribution is 2.14. The van der Waals surface area contributed by atoms with Gasteiger partial charge in [0.25, 0.3) is 0 Å². The highest BCUT2D eigenvalue weighted by molar-refractivity contribution is 5.67. The Kier molecular flexibility index (Phi) is 6.29. The first kappa shape index (κ1) is 14.3. The summed E-state index contributed by atoms with van der Waals surface area (Å²) in [7, 11) is 0. The molecule has 0 aromatic rings. The number of hydrogen-bond donors (Lipinski definition) is 2. The molecule has 0 atom stereocenters. The van der Waals surface area contributed by atoms with Gasteiger partial charge in [-0.05, 0) is 18.8 Å². The normalized spacial score (nSPS) is 18.4. The summed E-state index contributed by atoms with van der Waals surface area (Å²) in [5.74, 6) is 0.681. The third kappa shape index (κ3) is 5.89. The molecule has 1 rings (SSSR count). The number of carbonyl (C=O) groups is 1. The van der Waals surface area contributed by atoms with Crippen molar-refractivity contribution >= 4 is 6.09 Å². The highest BCUT2D eigenvalue weighted by atomic mass is 16.6. The van der Waals surface area contributed by atoms with Crippen molar-refractivity contribution < 1.29 is 14.6 Å². The number of nitrogens with zero attached hydrogens (tertiary/aromatic N) is 1. The number of likely N-dealkylation sites (tertiary alicyclic amines) is 1. The molecule has 1 aliphatic rings. The van der Waals surface area contributed by atoms with E-state index in [-0.39, 0.29) is 19.3 Å². The van der Waals surface area contributed by atoms with E-state index < -0.39 is 6.09 Å². The second-order valence-electron chi connectivity index (χ2n) is 4.95. The van der Waals surface area contributed by atoms with Crippen molar-refractivity contribution in [3.8, 4) is 0 Å². The quantitative estimate of drug-likeness (QED) is 0.752. The first-order valence-electron chi connectivity index (χ1n) is 6.39.